The fourth-order valence-electron chi connectivity index (χ4n) is 3.06. The third kappa shape index (κ3) is 3.46. The third-order valence-corrected chi connectivity index (χ3v) is 4.82. The van der Waals surface area contributed by atoms with Crippen LogP contribution in [0.3, 0.4) is 0 Å². The summed E-state index contributed by atoms with van der Waals surface area (Å²) in [5.74, 6) is 1.59. The fraction of sp³-hybridized carbons (Fsp3) is 0.0455. The average Bonchev–Trinajstić information content (AvgIpc) is 3.44. The molecule has 30 heavy (non-hydrogen) atoms. The number of rotatable bonds is 4. The van der Waals surface area contributed by atoms with Crippen LogP contribution in [0.4, 0.5) is 5.69 Å². The number of halogens is 1. The molecule has 5 rings (SSSR count). The quantitative estimate of drug-likeness (QED) is 0.498. The number of nitrogens with zero attached hydrogens (tertiary/aromatic N) is 2. The first-order valence-corrected chi connectivity index (χ1v) is 9.45. The van der Waals surface area contributed by atoms with Crippen molar-refractivity contribution in [3.05, 3.63) is 77.3 Å². The molecule has 2 heterocycles. The van der Waals surface area contributed by atoms with Crippen LogP contribution < -0.4 is 14.8 Å². The topological polar surface area (TPSA) is 86.5 Å². The number of hydrogen-bond acceptors (Lipinski definition) is 6. The number of para-hydroxylation sites is 1. The minimum atomic E-state index is -0.293. The first kappa shape index (κ1) is 18.2. The highest BCUT2D eigenvalue weighted by molar-refractivity contribution is 6.30. The summed E-state index contributed by atoms with van der Waals surface area (Å²) in [6.07, 6.45) is 0. The second-order valence-electron chi connectivity index (χ2n) is 6.50. The molecule has 0 radical (unpaired) electrons. The number of carbonyl (C=O) groups excluding carboxylic acids is 1. The Morgan fingerprint density at radius 2 is 1.77 bits per heavy atom. The second-order valence-corrected chi connectivity index (χ2v) is 6.93. The van der Waals surface area contributed by atoms with Crippen molar-refractivity contribution in [3.8, 4) is 34.3 Å². The Morgan fingerprint density at radius 1 is 0.967 bits per heavy atom. The smallest absolute Gasteiger partial charge is 0.260 e. The Morgan fingerprint density at radius 3 is 2.63 bits per heavy atom. The normalized spacial score (nSPS) is 12.0. The van der Waals surface area contributed by atoms with Crippen molar-refractivity contribution < 1.29 is 18.8 Å². The van der Waals surface area contributed by atoms with Crippen molar-refractivity contribution in [2.75, 3.05) is 12.1 Å². The molecule has 0 atom stereocenters. The molecule has 0 bridgehead atoms. The molecule has 0 fully saturated rings. The van der Waals surface area contributed by atoms with E-state index in [1.165, 1.54) is 0 Å². The van der Waals surface area contributed by atoms with Gasteiger partial charge < -0.3 is 19.3 Å². The fourth-order valence-corrected chi connectivity index (χ4v) is 3.19. The van der Waals surface area contributed by atoms with E-state index in [9.17, 15) is 4.79 Å². The van der Waals surface area contributed by atoms with Crippen molar-refractivity contribution in [2.24, 2.45) is 0 Å². The van der Waals surface area contributed by atoms with Gasteiger partial charge in [-0.15, -0.1) is 0 Å². The Labute approximate surface area is 176 Å². The van der Waals surface area contributed by atoms with E-state index in [0.29, 0.717) is 45.1 Å². The van der Waals surface area contributed by atoms with Crippen LogP contribution in [0.15, 0.2) is 71.3 Å². The van der Waals surface area contributed by atoms with Crippen LogP contribution in [0.5, 0.6) is 11.5 Å². The standard InChI is InChI=1S/C22H14ClN3O4/c23-15-8-5-13(6-9-15)20-25-22(30-26-20)16-3-1-2-4-17(16)24-21(27)14-7-10-18-19(11-14)29-12-28-18/h1-11H,12H2,(H,24,27). The SMILES string of the molecule is O=C(Nc1ccccc1-c1nc(-c2ccc(Cl)cc2)no1)c1ccc2c(c1)OCO2. The van der Waals surface area contributed by atoms with Gasteiger partial charge in [-0.2, -0.15) is 4.98 Å². The lowest BCUT2D eigenvalue weighted by atomic mass is 10.1. The summed E-state index contributed by atoms with van der Waals surface area (Å²) in [7, 11) is 0. The molecule has 1 aliphatic rings. The molecule has 0 unspecified atom stereocenters. The maximum absolute atomic E-state index is 12.8. The van der Waals surface area contributed by atoms with E-state index in [1.54, 1.807) is 42.5 Å². The predicted molar refractivity (Wildman–Crippen MR) is 111 cm³/mol. The minimum absolute atomic E-state index is 0.149. The number of amides is 1. The number of aromatic nitrogens is 2. The number of nitrogens with one attached hydrogen (secondary N) is 1. The van der Waals surface area contributed by atoms with Crippen LogP contribution in [-0.2, 0) is 0 Å². The van der Waals surface area contributed by atoms with Crippen LogP contribution in [0.1, 0.15) is 10.4 Å². The van der Waals surface area contributed by atoms with E-state index in [0.717, 1.165) is 5.56 Å². The molecule has 0 aliphatic carbocycles. The van der Waals surface area contributed by atoms with Gasteiger partial charge in [-0.25, -0.2) is 0 Å². The molecule has 0 spiro atoms. The monoisotopic (exact) mass is 419 g/mol. The van der Waals surface area contributed by atoms with E-state index in [1.807, 2.05) is 24.3 Å². The molecule has 1 amide bonds. The van der Waals surface area contributed by atoms with Gasteiger partial charge in [0.25, 0.3) is 11.8 Å². The summed E-state index contributed by atoms with van der Waals surface area (Å²) in [4.78, 5) is 17.2. The van der Waals surface area contributed by atoms with Crippen LogP contribution in [0.2, 0.25) is 5.02 Å². The predicted octanol–water partition coefficient (Wildman–Crippen LogP) is 5.04. The van der Waals surface area contributed by atoms with Crippen molar-refractivity contribution in [2.45, 2.75) is 0 Å². The molecule has 1 N–H and O–H groups in total. The second kappa shape index (κ2) is 7.53. The lowest BCUT2D eigenvalue weighted by Crippen LogP contribution is -2.12. The van der Waals surface area contributed by atoms with Crippen molar-refractivity contribution >= 4 is 23.2 Å². The summed E-state index contributed by atoms with van der Waals surface area (Å²) < 4.78 is 16.1. The minimum Gasteiger partial charge on any atom is -0.454 e. The number of carbonyl (C=O) groups is 1. The summed E-state index contributed by atoms with van der Waals surface area (Å²) in [5.41, 5.74) is 2.38. The van der Waals surface area contributed by atoms with Crippen molar-refractivity contribution in [1.29, 1.82) is 0 Å². The first-order valence-electron chi connectivity index (χ1n) is 9.07. The number of ether oxygens (including phenoxy) is 2. The van der Waals surface area contributed by atoms with Crippen LogP contribution >= 0.6 is 11.6 Å². The van der Waals surface area contributed by atoms with E-state index >= 15 is 0 Å². The van der Waals surface area contributed by atoms with Crippen LogP contribution in [0, 0.1) is 0 Å². The molecule has 3 aromatic carbocycles. The molecular weight excluding hydrogens is 406 g/mol. The zero-order valence-corrected chi connectivity index (χ0v) is 16.2. The molecule has 4 aromatic rings. The van der Waals surface area contributed by atoms with Crippen LogP contribution in [0.25, 0.3) is 22.8 Å². The van der Waals surface area contributed by atoms with E-state index in [4.69, 9.17) is 25.6 Å². The maximum Gasteiger partial charge on any atom is 0.260 e. The van der Waals surface area contributed by atoms with Gasteiger partial charge in [0.2, 0.25) is 12.6 Å². The Bertz CT molecular complexity index is 1240. The molecule has 1 aliphatic heterocycles. The van der Waals surface area contributed by atoms with E-state index in [2.05, 4.69) is 15.5 Å². The molecule has 148 valence electrons. The summed E-state index contributed by atoms with van der Waals surface area (Å²) in [6, 6.07) is 19.4. The Balaban J connectivity index is 1.42. The summed E-state index contributed by atoms with van der Waals surface area (Å²) in [5, 5.41) is 7.55. The molecule has 0 saturated heterocycles. The number of benzene rings is 3. The Kier molecular flexibility index (Phi) is 4.57. The highest BCUT2D eigenvalue weighted by Gasteiger charge is 2.19. The lowest BCUT2D eigenvalue weighted by molar-refractivity contribution is 0.102. The highest BCUT2D eigenvalue weighted by Crippen LogP contribution is 2.33. The zero-order valence-electron chi connectivity index (χ0n) is 15.5. The zero-order chi connectivity index (χ0) is 20.5. The van der Waals surface area contributed by atoms with E-state index < -0.39 is 0 Å². The van der Waals surface area contributed by atoms with Gasteiger partial charge in [0.15, 0.2) is 11.5 Å². The first-order chi connectivity index (χ1) is 14.7. The molecule has 0 saturated carbocycles. The van der Waals surface area contributed by atoms with Gasteiger partial charge in [-0.3, -0.25) is 4.79 Å². The lowest BCUT2D eigenvalue weighted by Gasteiger charge is -2.09. The summed E-state index contributed by atoms with van der Waals surface area (Å²) >= 11 is 5.93. The molecule has 7 nitrogen and oxygen atoms in total. The summed E-state index contributed by atoms with van der Waals surface area (Å²) in [6.45, 7) is 0.149. The van der Waals surface area contributed by atoms with Gasteiger partial charge in [0.1, 0.15) is 0 Å². The maximum atomic E-state index is 12.8. The van der Waals surface area contributed by atoms with Gasteiger partial charge in [-0.1, -0.05) is 28.9 Å². The Hall–Kier alpha value is -3.84. The van der Waals surface area contributed by atoms with E-state index in [-0.39, 0.29) is 12.7 Å². The molecular formula is C22H14ClN3O4. The van der Waals surface area contributed by atoms with Gasteiger partial charge in [0.05, 0.1) is 11.3 Å². The number of hydrogen-bond donors (Lipinski definition) is 1. The van der Waals surface area contributed by atoms with Crippen LogP contribution in [-0.4, -0.2) is 22.8 Å². The van der Waals surface area contributed by atoms with Crippen molar-refractivity contribution in [3.63, 3.8) is 0 Å². The largest absolute Gasteiger partial charge is 0.454 e. The van der Waals surface area contributed by atoms with Gasteiger partial charge in [-0.05, 0) is 54.6 Å². The highest BCUT2D eigenvalue weighted by atomic mass is 35.5. The number of anilines is 1. The van der Waals surface area contributed by atoms with Gasteiger partial charge in [0, 0.05) is 16.1 Å². The molecule has 1 aromatic heterocycles. The number of fused-ring (bicyclic) bond motifs is 1. The molecule has 8 heteroatoms. The van der Waals surface area contributed by atoms with Gasteiger partial charge >= 0.3 is 0 Å². The van der Waals surface area contributed by atoms with Crippen molar-refractivity contribution in [1.82, 2.24) is 10.1 Å². The average molecular weight is 420 g/mol. The third-order valence-electron chi connectivity index (χ3n) is 4.57.